The molecule has 0 aliphatic rings. The van der Waals surface area contributed by atoms with Gasteiger partial charge < -0.3 is 4.74 Å². The largest absolute Gasteiger partial charge is 0.460 e. The van der Waals surface area contributed by atoms with Gasteiger partial charge in [-0.15, -0.1) is 23.1 Å². The molecule has 0 aliphatic carbocycles. The maximum absolute atomic E-state index is 12.2. The van der Waals surface area contributed by atoms with Gasteiger partial charge in [0.05, 0.1) is 9.86 Å². The van der Waals surface area contributed by atoms with Crippen molar-refractivity contribution in [3.8, 4) is 6.07 Å². The third kappa shape index (κ3) is 9.80. The third-order valence-corrected chi connectivity index (χ3v) is 8.45. The van der Waals surface area contributed by atoms with Crippen molar-refractivity contribution in [1.82, 2.24) is 0 Å². The predicted octanol–water partition coefficient (Wildman–Crippen LogP) is 7.12. The van der Waals surface area contributed by atoms with Crippen LogP contribution in [0.15, 0.2) is 9.85 Å². The van der Waals surface area contributed by atoms with Gasteiger partial charge in [0.2, 0.25) is 0 Å². The highest BCUT2D eigenvalue weighted by atomic mass is 79.9. The molecule has 0 saturated heterocycles. The lowest BCUT2D eigenvalue weighted by Gasteiger charge is -2.19. The summed E-state index contributed by atoms with van der Waals surface area (Å²) in [5.41, 5.74) is 1.26. The van der Waals surface area contributed by atoms with Crippen LogP contribution in [0.5, 0.6) is 0 Å². The summed E-state index contributed by atoms with van der Waals surface area (Å²) in [6, 6.07) is 4.40. The van der Waals surface area contributed by atoms with Crippen molar-refractivity contribution in [3.63, 3.8) is 0 Å². The Morgan fingerprint density at radius 3 is 2.81 bits per heavy atom. The number of nitrogens with zero attached hydrogens (tertiary/aromatic N) is 1. The van der Waals surface area contributed by atoms with E-state index in [9.17, 15) is 10.1 Å². The monoisotopic (exact) mass is 507 g/mol. The lowest BCUT2D eigenvalue weighted by molar-refractivity contribution is -0.145. The van der Waals surface area contributed by atoms with Gasteiger partial charge in [0.25, 0.3) is 0 Å². The molecule has 27 heavy (non-hydrogen) atoms. The molecule has 1 heterocycles. The maximum atomic E-state index is 12.2. The van der Waals surface area contributed by atoms with Crippen LogP contribution in [0.1, 0.15) is 62.8 Å². The molecule has 1 atom stereocenters. The van der Waals surface area contributed by atoms with Gasteiger partial charge in [0, 0.05) is 11.3 Å². The second-order valence-corrected chi connectivity index (χ2v) is 12.4. The standard InChI is InChI=1S/C19H26BrNO2S4/c1-4-5-6-7-8-14-11-16(20)26-15(14)12-23-17(22)9-10-19(2,13-21)27-18(24)25-3/h11H,4-10,12H2,1-3H3. The summed E-state index contributed by atoms with van der Waals surface area (Å²) < 4.78 is 6.56. The van der Waals surface area contributed by atoms with Crippen molar-refractivity contribution in [2.75, 3.05) is 6.26 Å². The lowest BCUT2D eigenvalue weighted by atomic mass is 10.1. The first-order valence-electron chi connectivity index (χ1n) is 8.94. The molecule has 8 heteroatoms. The summed E-state index contributed by atoms with van der Waals surface area (Å²) in [6.45, 7) is 4.33. The predicted molar refractivity (Wildman–Crippen MR) is 127 cm³/mol. The van der Waals surface area contributed by atoms with E-state index in [2.05, 4.69) is 35.0 Å². The van der Waals surface area contributed by atoms with Crippen LogP contribution < -0.4 is 0 Å². The smallest absolute Gasteiger partial charge is 0.306 e. The first-order chi connectivity index (χ1) is 12.8. The Bertz CT molecular complexity index is 671. The Labute approximate surface area is 189 Å². The second-order valence-electron chi connectivity index (χ2n) is 6.37. The minimum Gasteiger partial charge on any atom is -0.460 e. The van der Waals surface area contributed by atoms with Crippen LogP contribution in [0, 0.1) is 11.3 Å². The Kier molecular flexibility index (Phi) is 12.2. The average molecular weight is 509 g/mol. The number of unbranched alkanes of at least 4 members (excludes halogenated alkanes) is 3. The fourth-order valence-electron chi connectivity index (χ4n) is 2.42. The molecule has 1 aromatic heterocycles. The number of thiophene rings is 1. The minimum absolute atomic E-state index is 0.215. The number of hydrogen-bond donors (Lipinski definition) is 0. The molecule has 0 bridgehead atoms. The number of esters is 1. The topological polar surface area (TPSA) is 50.1 Å². The Morgan fingerprint density at radius 2 is 2.19 bits per heavy atom. The van der Waals surface area contributed by atoms with Gasteiger partial charge in [-0.3, -0.25) is 4.79 Å². The van der Waals surface area contributed by atoms with Gasteiger partial charge in [-0.2, -0.15) is 5.26 Å². The normalized spacial score (nSPS) is 13.0. The highest BCUT2D eigenvalue weighted by molar-refractivity contribution is 9.11. The van der Waals surface area contributed by atoms with Crippen LogP contribution in [0.2, 0.25) is 0 Å². The van der Waals surface area contributed by atoms with Crippen LogP contribution in [-0.2, 0) is 22.6 Å². The van der Waals surface area contributed by atoms with E-state index in [1.807, 2.05) is 13.2 Å². The minimum atomic E-state index is -0.699. The first kappa shape index (κ1) is 25.0. The number of aryl methyl sites for hydroxylation is 1. The van der Waals surface area contributed by atoms with Crippen molar-refractivity contribution in [1.29, 1.82) is 5.26 Å². The number of halogens is 1. The van der Waals surface area contributed by atoms with Crippen molar-refractivity contribution < 1.29 is 9.53 Å². The lowest BCUT2D eigenvalue weighted by Crippen LogP contribution is -2.21. The Balaban J connectivity index is 2.50. The molecular weight excluding hydrogens is 482 g/mol. The van der Waals surface area contributed by atoms with E-state index in [0.29, 0.717) is 16.6 Å². The fraction of sp³-hybridized carbons (Fsp3) is 0.632. The summed E-state index contributed by atoms with van der Waals surface area (Å²) in [4.78, 5) is 13.3. The molecule has 0 aromatic carbocycles. The van der Waals surface area contributed by atoms with Crippen molar-refractivity contribution in [3.05, 3.63) is 20.3 Å². The maximum Gasteiger partial charge on any atom is 0.306 e. The molecule has 0 fully saturated rings. The Hall–Kier alpha value is -0.0700. The summed E-state index contributed by atoms with van der Waals surface area (Å²) in [5, 5.41) is 9.41. The van der Waals surface area contributed by atoms with Gasteiger partial charge >= 0.3 is 5.97 Å². The SMILES string of the molecule is CCCCCCc1cc(Br)sc1COC(=O)CCC(C)(C#N)SC(=S)SC. The molecule has 0 saturated carbocycles. The van der Waals surface area contributed by atoms with Crippen LogP contribution in [-0.4, -0.2) is 20.5 Å². The van der Waals surface area contributed by atoms with E-state index in [1.165, 1.54) is 48.3 Å². The van der Waals surface area contributed by atoms with Gasteiger partial charge in [0.15, 0.2) is 0 Å². The fourth-order valence-corrected chi connectivity index (χ4v) is 6.18. The molecule has 0 radical (unpaired) electrons. The van der Waals surface area contributed by atoms with Crippen molar-refractivity contribution >= 4 is 72.5 Å². The summed E-state index contributed by atoms with van der Waals surface area (Å²) >= 11 is 13.1. The zero-order chi connectivity index (χ0) is 20.3. The molecule has 3 nitrogen and oxygen atoms in total. The van der Waals surface area contributed by atoms with Gasteiger partial charge in [-0.1, -0.05) is 50.2 Å². The van der Waals surface area contributed by atoms with Crippen molar-refractivity contribution in [2.45, 2.75) is 70.1 Å². The van der Waals surface area contributed by atoms with E-state index < -0.39 is 4.75 Å². The molecule has 150 valence electrons. The molecular formula is C19H26BrNO2S4. The van der Waals surface area contributed by atoms with E-state index in [4.69, 9.17) is 17.0 Å². The van der Waals surface area contributed by atoms with Gasteiger partial charge in [-0.05, 0) is 60.0 Å². The average Bonchev–Trinajstić information content (AvgIpc) is 3.01. The van der Waals surface area contributed by atoms with E-state index in [-0.39, 0.29) is 12.4 Å². The summed E-state index contributed by atoms with van der Waals surface area (Å²) in [5.74, 6) is -0.270. The summed E-state index contributed by atoms with van der Waals surface area (Å²) in [7, 11) is 0. The highest BCUT2D eigenvalue weighted by Gasteiger charge is 2.27. The number of nitriles is 1. The van der Waals surface area contributed by atoms with Crippen molar-refractivity contribution in [2.24, 2.45) is 0 Å². The second kappa shape index (κ2) is 13.2. The van der Waals surface area contributed by atoms with Gasteiger partial charge in [-0.25, -0.2) is 0 Å². The van der Waals surface area contributed by atoms with E-state index in [0.717, 1.165) is 21.5 Å². The number of thiocarbonyl (C=S) groups is 1. The Morgan fingerprint density at radius 1 is 1.44 bits per heavy atom. The molecule has 0 N–H and O–H groups in total. The number of carbonyl (C=O) groups is 1. The van der Waals surface area contributed by atoms with Crippen LogP contribution in [0.4, 0.5) is 0 Å². The van der Waals surface area contributed by atoms with Crippen LogP contribution in [0.3, 0.4) is 0 Å². The number of carbonyl (C=O) groups excluding carboxylic acids is 1. The first-order valence-corrected chi connectivity index (χ1v) is 13.0. The zero-order valence-corrected chi connectivity index (χ0v) is 20.9. The highest BCUT2D eigenvalue weighted by Crippen LogP contribution is 2.34. The van der Waals surface area contributed by atoms with Crippen LogP contribution in [0.25, 0.3) is 0 Å². The molecule has 1 rings (SSSR count). The van der Waals surface area contributed by atoms with E-state index in [1.54, 1.807) is 11.3 Å². The zero-order valence-electron chi connectivity index (χ0n) is 16.0. The van der Waals surface area contributed by atoms with Gasteiger partial charge in [0.1, 0.15) is 14.9 Å². The molecule has 0 aliphatic heterocycles. The summed E-state index contributed by atoms with van der Waals surface area (Å²) in [6.07, 6.45) is 8.41. The van der Waals surface area contributed by atoms with Crippen LogP contribution >= 0.6 is 63.0 Å². The molecule has 0 spiro atoms. The number of ether oxygens (including phenoxy) is 1. The molecule has 1 aromatic rings. The third-order valence-electron chi connectivity index (χ3n) is 4.05. The van der Waals surface area contributed by atoms with E-state index >= 15 is 0 Å². The molecule has 1 unspecified atom stereocenters. The number of thioether (sulfide) groups is 2. The number of rotatable bonds is 11. The quantitative estimate of drug-likeness (QED) is 0.180. The number of hydrogen-bond acceptors (Lipinski definition) is 7. The molecule has 0 amide bonds.